The fourth-order valence-corrected chi connectivity index (χ4v) is 5.03. The van der Waals surface area contributed by atoms with E-state index in [4.69, 9.17) is 9.15 Å². The van der Waals surface area contributed by atoms with Crippen molar-refractivity contribution in [2.45, 2.75) is 39.3 Å². The second-order valence-corrected chi connectivity index (χ2v) is 9.73. The molecule has 0 bridgehead atoms. The molecule has 3 aromatic rings. The van der Waals surface area contributed by atoms with E-state index < -0.39 is 0 Å². The Morgan fingerprint density at radius 3 is 2.52 bits per heavy atom. The Morgan fingerprint density at radius 2 is 1.85 bits per heavy atom. The van der Waals surface area contributed by atoms with E-state index in [0.29, 0.717) is 52.0 Å². The standard InChI is InChI=1S/C26H30N2O4S/c1-20-9-10-24(33-20)19-28(18-23-8-5-16-31-23)26(30)21-11-14-27(15-12-21)25(29)13-17-32-22-6-3-2-4-7-22/h2-10,16,21H,11-15,17-19H2,1H3. The van der Waals surface area contributed by atoms with E-state index in [2.05, 4.69) is 19.1 Å². The molecule has 1 aromatic carbocycles. The van der Waals surface area contributed by atoms with Crippen LogP contribution in [0.5, 0.6) is 5.75 Å². The molecule has 0 saturated carbocycles. The summed E-state index contributed by atoms with van der Waals surface area (Å²) in [4.78, 5) is 32.1. The average Bonchev–Trinajstić information content (AvgIpc) is 3.50. The monoisotopic (exact) mass is 466 g/mol. The number of hydrogen-bond acceptors (Lipinski definition) is 5. The fraction of sp³-hybridized carbons (Fsp3) is 0.385. The molecule has 0 unspecified atom stereocenters. The van der Waals surface area contributed by atoms with Crippen molar-refractivity contribution >= 4 is 23.2 Å². The van der Waals surface area contributed by atoms with Crippen LogP contribution in [0, 0.1) is 12.8 Å². The summed E-state index contributed by atoms with van der Waals surface area (Å²) in [6, 6.07) is 17.4. The minimum absolute atomic E-state index is 0.0781. The predicted molar refractivity (Wildman–Crippen MR) is 128 cm³/mol. The molecular formula is C26H30N2O4S. The summed E-state index contributed by atoms with van der Waals surface area (Å²) in [7, 11) is 0. The lowest BCUT2D eigenvalue weighted by Crippen LogP contribution is -2.44. The first-order chi connectivity index (χ1) is 16.1. The van der Waals surface area contributed by atoms with Gasteiger partial charge in [-0.25, -0.2) is 0 Å². The van der Waals surface area contributed by atoms with Crippen LogP contribution in [-0.2, 0) is 22.7 Å². The molecule has 0 spiro atoms. The van der Waals surface area contributed by atoms with Gasteiger partial charge in [-0.05, 0) is 56.2 Å². The molecule has 2 amide bonds. The molecule has 1 aliphatic rings. The Balaban J connectivity index is 1.29. The van der Waals surface area contributed by atoms with Gasteiger partial charge in [-0.2, -0.15) is 0 Å². The second kappa shape index (κ2) is 11.2. The van der Waals surface area contributed by atoms with E-state index in [1.165, 1.54) is 9.75 Å². The van der Waals surface area contributed by atoms with Crippen LogP contribution in [0.3, 0.4) is 0 Å². The smallest absolute Gasteiger partial charge is 0.226 e. The first-order valence-electron chi connectivity index (χ1n) is 11.4. The summed E-state index contributed by atoms with van der Waals surface area (Å²) in [6.45, 7) is 4.68. The van der Waals surface area contributed by atoms with Gasteiger partial charge >= 0.3 is 0 Å². The van der Waals surface area contributed by atoms with Crippen molar-refractivity contribution in [3.63, 3.8) is 0 Å². The van der Waals surface area contributed by atoms with Crippen LogP contribution in [-0.4, -0.2) is 41.3 Å². The molecule has 1 fully saturated rings. The van der Waals surface area contributed by atoms with Crippen LogP contribution >= 0.6 is 11.3 Å². The average molecular weight is 467 g/mol. The number of amides is 2. The van der Waals surface area contributed by atoms with Crippen LogP contribution in [0.25, 0.3) is 0 Å². The minimum atomic E-state index is -0.0781. The Labute approximate surface area is 198 Å². The largest absolute Gasteiger partial charge is 0.493 e. The number of aryl methyl sites for hydroxylation is 1. The number of hydrogen-bond donors (Lipinski definition) is 0. The van der Waals surface area contributed by atoms with Gasteiger partial charge in [-0.15, -0.1) is 11.3 Å². The molecule has 1 saturated heterocycles. The number of benzene rings is 1. The predicted octanol–water partition coefficient (Wildman–Crippen LogP) is 4.89. The quantitative estimate of drug-likeness (QED) is 0.451. The summed E-state index contributed by atoms with van der Waals surface area (Å²) in [5, 5.41) is 0. The van der Waals surface area contributed by atoms with Crippen molar-refractivity contribution in [3.05, 3.63) is 76.4 Å². The van der Waals surface area contributed by atoms with Crippen molar-refractivity contribution in [2.75, 3.05) is 19.7 Å². The molecule has 4 rings (SSSR count). The third-order valence-corrected chi connectivity index (χ3v) is 6.89. The summed E-state index contributed by atoms with van der Waals surface area (Å²) in [5.74, 6) is 1.69. The van der Waals surface area contributed by atoms with Crippen LogP contribution in [0.1, 0.15) is 34.8 Å². The van der Waals surface area contributed by atoms with E-state index in [0.717, 1.165) is 11.5 Å². The molecule has 7 heteroatoms. The van der Waals surface area contributed by atoms with Gasteiger partial charge in [-0.3, -0.25) is 9.59 Å². The highest BCUT2D eigenvalue weighted by Gasteiger charge is 2.30. The molecule has 0 N–H and O–H groups in total. The molecule has 174 valence electrons. The summed E-state index contributed by atoms with van der Waals surface area (Å²) in [6.07, 6.45) is 3.35. The second-order valence-electron chi connectivity index (χ2n) is 8.35. The number of para-hydroxylation sites is 1. The van der Waals surface area contributed by atoms with Gasteiger partial charge < -0.3 is 19.0 Å². The molecular weight excluding hydrogens is 436 g/mol. The molecule has 3 heterocycles. The van der Waals surface area contributed by atoms with E-state index in [9.17, 15) is 9.59 Å². The molecule has 0 atom stereocenters. The summed E-state index contributed by atoms with van der Waals surface area (Å²) < 4.78 is 11.2. The minimum Gasteiger partial charge on any atom is -0.493 e. The first-order valence-corrected chi connectivity index (χ1v) is 12.2. The third-order valence-electron chi connectivity index (χ3n) is 5.91. The van der Waals surface area contributed by atoms with Gasteiger partial charge in [0.15, 0.2) is 0 Å². The van der Waals surface area contributed by atoms with Crippen LogP contribution in [0.4, 0.5) is 0 Å². The third kappa shape index (κ3) is 6.48. The highest BCUT2D eigenvalue weighted by Crippen LogP contribution is 2.25. The van der Waals surface area contributed by atoms with E-state index >= 15 is 0 Å². The Kier molecular flexibility index (Phi) is 7.83. The molecule has 1 aliphatic heterocycles. The number of nitrogens with zero attached hydrogens (tertiary/aromatic N) is 2. The summed E-state index contributed by atoms with van der Waals surface area (Å²) >= 11 is 1.71. The number of piperidine rings is 1. The van der Waals surface area contributed by atoms with Gasteiger partial charge in [0.25, 0.3) is 0 Å². The van der Waals surface area contributed by atoms with Crippen molar-refractivity contribution in [3.8, 4) is 5.75 Å². The normalized spacial score (nSPS) is 14.3. The maximum atomic E-state index is 13.4. The molecule has 0 radical (unpaired) electrons. The topological polar surface area (TPSA) is 63.0 Å². The molecule has 0 aliphatic carbocycles. The van der Waals surface area contributed by atoms with E-state index in [1.807, 2.05) is 52.3 Å². The lowest BCUT2D eigenvalue weighted by Gasteiger charge is -2.34. The zero-order chi connectivity index (χ0) is 23.0. The van der Waals surface area contributed by atoms with Crippen LogP contribution in [0.15, 0.2) is 65.3 Å². The van der Waals surface area contributed by atoms with Crippen LogP contribution in [0.2, 0.25) is 0 Å². The number of ether oxygens (including phenoxy) is 1. The SMILES string of the molecule is Cc1ccc(CN(Cc2ccco2)C(=O)C2CCN(C(=O)CCOc3ccccc3)CC2)s1. The van der Waals surface area contributed by atoms with Gasteiger partial charge in [0, 0.05) is 28.8 Å². The number of carbonyl (C=O) groups excluding carboxylic acids is 2. The van der Waals surface area contributed by atoms with Gasteiger partial charge in [0.2, 0.25) is 11.8 Å². The van der Waals surface area contributed by atoms with E-state index in [-0.39, 0.29) is 17.7 Å². The van der Waals surface area contributed by atoms with Gasteiger partial charge in [0.1, 0.15) is 11.5 Å². The van der Waals surface area contributed by atoms with Crippen molar-refractivity contribution in [1.82, 2.24) is 9.80 Å². The van der Waals surface area contributed by atoms with Gasteiger partial charge in [-0.1, -0.05) is 18.2 Å². The maximum Gasteiger partial charge on any atom is 0.226 e. The number of likely N-dealkylation sites (tertiary alicyclic amines) is 1. The lowest BCUT2D eigenvalue weighted by atomic mass is 9.95. The number of furan rings is 1. The van der Waals surface area contributed by atoms with Crippen LogP contribution < -0.4 is 4.74 Å². The number of carbonyl (C=O) groups is 2. The zero-order valence-electron chi connectivity index (χ0n) is 18.9. The molecule has 6 nitrogen and oxygen atoms in total. The zero-order valence-corrected chi connectivity index (χ0v) is 19.8. The maximum absolute atomic E-state index is 13.4. The van der Waals surface area contributed by atoms with E-state index in [1.54, 1.807) is 17.6 Å². The van der Waals surface area contributed by atoms with Crippen molar-refractivity contribution < 1.29 is 18.7 Å². The van der Waals surface area contributed by atoms with Crippen molar-refractivity contribution in [1.29, 1.82) is 0 Å². The molecule has 2 aromatic heterocycles. The highest BCUT2D eigenvalue weighted by atomic mass is 32.1. The lowest BCUT2D eigenvalue weighted by molar-refractivity contribution is -0.142. The molecule has 33 heavy (non-hydrogen) atoms. The fourth-order valence-electron chi connectivity index (χ4n) is 4.13. The van der Waals surface area contributed by atoms with Crippen molar-refractivity contribution in [2.24, 2.45) is 5.92 Å². The van der Waals surface area contributed by atoms with Gasteiger partial charge in [0.05, 0.1) is 32.4 Å². The number of rotatable bonds is 9. The number of thiophene rings is 1. The Bertz CT molecular complexity index is 1020. The Morgan fingerprint density at radius 1 is 1.06 bits per heavy atom. The summed E-state index contributed by atoms with van der Waals surface area (Å²) in [5.41, 5.74) is 0. The Hall–Kier alpha value is -3.06. The first kappa shape index (κ1) is 23.1. The highest BCUT2D eigenvalue weighted by molar-refractivity contribution is 7.11.